The van der Waals surface area contributed by atoms with Crippen LogP contribution < -0.4 is 4.90 Å². The van der Waals surface area contributed by atoms with Crippen LogP contribution in [0.25, 0.3) is 11.1 Å². The number of amides is 2. The zero-order valence-electron chi connectivity index (χ0n) is 19.0. The number of carboxylic acid groups (broad SMARTS) is 1. The molecule has 2 amide bonds. The van der Waals surface area contributed by atoms with Gasteiger partial charge in [0.15, 0.2) is 0 Å². The summed E-state index contributed by atoms with van der Waals surface area (Å²) in [5.41, 5.74) is 5.03. The molecule has 1 atom stereocenters. The Morgan fingerprint density at radius 3 is 2.44 bits per heavy atom. The molecule has 0 spiro atoms. The second kappa shape index (κ2) is 8.88. The number of nitrogens with zero attached hydrogens (tertiary/aromatic N) is 2. The SMILES string of the molecule is Cc1c(-c2ccccc2)cccc1N1C(=O)c2ccc(CN3CCCC[C@H]3C(=O)O)cc2C1=O. The zero-order valence-corrected chi connectivity index (χ0v) is 19.0. The number of imide groups is 1. The molecule has 0 bridgehead atoms. The second-order valence-electron chi connectivity index (χ2n) is 8.96. The van der Waals surface area contributed by atoms with Crippen molar-refractivity contribution in [3.05, 3.63) is 89.0 Å². The summed E-state index contributed by atoms with van der Waals surface area (Å²) in [6.07, 6.45) is 2.49. The first-order valence-electron chi connectivity index (χ1n) is 11.6. The number of carboxylic acids is 1. The lowest BCUT2D eigenvalue weighted by molar-refractivity contribution is -0.144. The highest BCUT2D eigenvalue weighted by atomic mass is 16.4. The summed E-state index contributed by atoms with van der Waals surface area (Å²) in [6, 6.07) is 20.3. The molecule has 3 aromatic rings. The Bertz CT molecular complexity index is 1280. The van der Waals surface area contributed by atoms with Gasteiger partial charge >= 0.3 is 5.97 Å². The molecule has 0 unspecified atom stereocenters. The predicted molar refractivity (Wildman–Crippen MR) is 130 cm³/mol. The van der Waals surface area contributed by atoms with Gasteiger partial charge in [0.2, 0.25) is 0 Å². The lowest BCUT2D eigenvalue weighted by Crippen LogP contribution is -2.44. The number of piperidine rings is 1. The van der Waals surface area contributed by atoms with Gasteiger partial charge < -0.3 is 5.11 Å². The van der Waals surface area contributed by atoms with E-state index in [1.54, 1.807) is 18.2 Å². The van der Waals surface area contributed by atoms with Crippen LogP contribution >= 0.6 is 0 Å². The summed E-state index contributed by atoms with van der Waals surface area (Å²) >= 11 is 0. The zero-order chi connectivity index (χ0) is 23.8. The van der Waals surface area contributed by atoms with Gasteiger partial charge in [0.25, 0.3) is 11.8 Å². The molecule has 6 heteroatoms. The van der Waals surface area contributed by atoms with Crippen molar-refractivity contribution >= 4 is 23.5 Å². The molecule has 1 saturated heterocycles. The van der Waals surface area contributed by atoms with Crippen LogP contribution in [-0.2, 0) is 11.3 Å². The molecule has 6 nitrogen and oxygen atoms in total. The molecule has 34 heavy (non-hydrogen) atoms. The van der Waals surface area contributed by atoms with Crippen LogP contribution in [0.2, 0.25) is 0 Å². The van der Waals surface area contributed by atoms with E-state index in [0.29, 0.717) is 36.3 Å². The monoisotopic (exact) mass is 454 g/mol. The molecule has 0 saturated carbocycles. The van der Waals surface area contributed by atoms with Crippen LogP contribution in [0.3, 0.4) is 0 Å². The minimum absolute atomic E-state index is 0.332. The van der Waals surface area contributed by atoms with Crippen molar-refractivity contribution in [3.8, 4) is 11.1 Å². The van der Waals surface area contributed by atoms with Gasteiger partial charge in [0.05, 0.1) is 16.8 Å². The lowest BCUT2D eigenvalue weighted by Gasteiger charge is -2.32. The molecule has 0 aromatic heterocycles. The maximum absolute atomic E-state index is 13.4. The highest BCUT2D eigenvalue weighted by molar-refractivity contribution is 6.34. The standard InChI is InChI=1S/C28H26N2O4/c1-18-21(20-8-3-2-4-9-20)10-7-12-24(18)30-26(31)22-14-13-19(16-23(22)27(30)32)17-29-15-6-5-11-25(29)28(33)34/h2-4,7-10,12-14,16,25H,5-6,11,15,17H2,1H3,(H,33,34)/t25-/m0/s1. The number of likely N-dealkylation sites (tertiary alicyclic amines) is 1. The minimum atomic E-state index is -0.813. The van der Waals surface area contributed by atoms with Crippen molar-refractivity contribution in [2.45, 2.75) is 38.8 Å². The van der Waals surface area contributed by atoms with E-state index in [1.807, 2.05) is 60.4 Å². The van der Waals surface area contributed by atoms with Gasteiger partial charge in [-0.05, 0) is 66.8 Å². The van der Waals surface area contributed by atoms with E-state index >= 15 is 0 Å². The fourth-order valence-electron chi connectivity index (χ4n) is 5.10. The molecule has 0 aliphatic carbocycles. The van der Waals surface area contributed by atoms with E-state index in [9.17, 15) is 19.5 Å². The number of carbonyl (C=O) groups excluding carboxylic acids is 2. The van der Waals surface area contributed by atoms with Crippen LogP contribution in [0.1, 0.15) is 51.1 Å². The van der Waals surface area contributed by atoms with Gasteiger partial charge in [0.1, 0.15) is 6.04 Å². The number of benzene rings is 3. The number of rotatable bonds is 5. The Morgan fingerprint density at radius 1 is 0.912 bits per heavy atom. The van der Waals surface area contributed by atoms with Crippen molar-refractivity contribution in [2.75, 3.05) is 11.4 Å². The summed E-state index contributed by atoms with van der Waals surface area (Å²) in [5.74, 6) is -1.49. The van der Waals surface area contributed by atoms with E-state index < -0.39 is 12.0 Å². The van der Waals surface area contributed by atoms with Gasteiger partial charge in [-0.15, -0.1) is 0 Å². The molecule has 2 heterocycles. The third-order valence-corrected chi connectivity index (χ3v) is 6.87. The van der Waals surface area contributed by atoms with Gasteiger partial charge in [-0.1, -0.05) is 55.0 Å². The Hall–Kier alpha value is -3.77. The number of hydrogen-bond acceptors (Lipinski definition) is 4. The summed E-state index contributed by atoms with van der Waals surface area (Å²) in [7, 11) is 0. The van der Waals surface area contributed by atoms with Crippen LogP contribution in [0, 0.1) is 6.92 Å². The van der Waals surface area contributed by atoms with E-state index in [2.05, 4.69) is 0 Å². The number of aliphatic carboxylic acids is 1. The maximum Gasteiger partial charge on any atom is 0.320 e. The quantitative estimate of drug-likeness (QED) is 0.555. The van der Waals surface area contributed by atoms with Crippen LogP contribution in [-0.4, -0.2) is 40.4 Å². The van der Waals surface area contributed by atoms with E-state index in [1.165, 1.54) is 4.90 Å². The highest BCUT2D eigenvalue weighted by Gasteiger charge is 2.38. The van der Waals surface area contributed by atoms with E-state index in [4.69, 9.17) is 0 Å². The normalized spacial score (nSPS) is 18.3. The molecule has 1 fully saturated rings. The van der Waals surface area contributed by atoms with Crippen molar-refractivity contribution in [3.63, 3.8) is 0 Å². The van der Waals surface area contributed by atoms with Crippen LogP contribution in [0.5, 0.6) is 0 Å². The van der Waals surface area contributed by atoms with Crippen LogP contribution in [0.15, 0.2) is 66.7 Å². The van der Waals surface area contributed by atoms with Crippen molar-refractivity contribution < 1.29 is 19.5 Å². The first kappa shape index (κ1) is 22.0. The Balaban J connectivity index is 1.46. The third-order valence-electron chi connectivity index (χ3n) is 6.87. The van der Waals surface area contributed by atoms with Crippen molar-refractivity contribution in [1.82, 2.24) is 4.90 Å². The smallest absolute Gasteiger partial charge is 0.320 e. The largest absolute Gasteiger partial charge is 0.480 e. The summed E-state index contributed by atoms with van der Waals surface area (Å²) < 4.78 is 0. The Kier molecular flexibility index (Phi) is 5.75. The summed E-state index contributed by atoms with van der Waals surface area (Å²) in [4.78, 5) is 41.5. The Labute approximate surface area is 198 Å². The summed E-state index contributed by atoms with van der Waals surface area (Å²) in [5, 5.41) is 9.56. The molecular weight excluding hydrogens is 428 g/mol. The minimum Gasteiger partial charge on any atom is -0.480 e. The number of carbonyl (C=O) groups is 3. The summed E-state index contributed by atoms with van der Waals surface area (Å²) in [6.45, 7) is 3.07. The highest BCUT2D eigenvalue weighted by Crippen LogP contribution is 2.35. The van der Waals surface area contributed by atoms with Crippen molar-refractivity contribution in [1.29, 1.82) is 0 Å². The van der Waals surface area contributed by atoms with Crippen molar-refractivity contribution in [2.24, 2.45) is 0 Å². The van der Waals surface area contributed by atoms with E-state index in [-0.39, 0.29) is 11.8 Å². The first-order chi connectivity index (χ1) is 16.5. The molecular formula is C28H26N2O4. The number of fused-ring (bicyclic) bond motifs is 1. The maximum atomic E-state index is 13.4. The van der Waals surface area contributed by atoms with Gasteiger partial charge in [0, 0.05) is 6.54 Å². The third kappa shape index (κ3) is 3.80. The molecule has 2 aliphatic rings. The molecule has 5 rings (SSSR count). The second-order valence-corrected chi connectivity index (χ2v) is 8.96. The lowest BCUT2D eigenvalue weighted by atomic mass is 9.99. The fraction of sp³-hybridized carbons (Fsp3) is 0.250. The predicted octanol–water partition coefficient (Wildman–Crippen LogP) is 4.90. The van der Waals surface area contributed by atoms with Gasteiger partial charge in [-0.2, -0.15) is 0 Å². The van der Waals surface area contributed by atoms with Crippen LogP contribution in [0.4, 0.5) is 5.69 Å². The topological polar surface area (TPSA) is 77.9 Å². The molecule has 3 aromatic carbocycles. The van der Waals surface area contributed by atoms with Gasteiger partial charge in [-0.3, -0.25) is 19.3 Å². The molecule has 172 valence electrons. The average Bonchev–Trinajstić information content (AvgIpc) is 3.09. The number of anilines is 1. The molecule has 1 N–H and O–H groups in total. The average molecular weight is 455 g/mol. The Morgan fingerprint density at radius 2 is 1.68 bits per heavy atom. The number of hydrogen-bond donors (Lipinski definition) is 1. The first-order valence-corrected chi connectivity index (χ1v) is 11.6. The van der Waals surface area contributed by atoms with E-state index in [0.717, 1.165) is 35.1 Å². The fourth-order valence-corrected chi connectivity index (χ4v) is 5.10. The molecule has 0 radical (unpaired) electrons. The molecule has 2 aliphatic heterocycles. The van der Waals surface area contributed by atoms with Gasteiger partial charge in [-0.25, -0.2) is 4.90 Å².